The lowest BCUT2D eigenvalue weighted by Crippen LogP contribution is -2.33. The maximum absolute atomic E-state index is 13.4. The first-order valence-corrected chi connectivity index (χ1v) is 15.4. The van der Waals surface area contributed by atoms with Crippen molar-refractivity contribution >= 4 is 16.7 Å². The fraction of sp³-hybridized carbons (Fsp3) is 0.146. The fourth-order valence-electron chi connectivity index (χ4n) is 5.99. The SMILES string of the molecule is CCOC(=O)c1cc(OCc2ccccc2)c2ccccc2c1CCOC(c1ccccc1)(c1ccccc1)c1ccccc1. The largest absolute Gasteiger partial charge is 0.488 e. The average Bonchev–Trinajstić information content (AvgIpc) is 3.11. The summed E-state index contributed by atoms with van der Waals surface area (Å²) in [6, 6.07) is 50.9. The summed E-state index contributed by atoms with van der Waals surface area (Å²) >= 11 is 0. The van der Waals surface area contributed by atoms with E-state index < -0.39 is 5.60 Å². The Kier molecular flexibility index (Phi) is 9.33. The van der Waals surface area contributed by atoms with Crippen molar-refractivity contribution in [2.45, 2.75) is 25.6 Å². The summed E-state index contributed by atoms with van der Waals surface area (Å²) in [6.45, 7) is 2.84. The topological polar surface area (TPSA) is 44.8 Å². The highest BCUT2D eigenvalue weighted by Crippen LogP contribution is 2.41. The Morgan fingerprint density at radius 2 is 1.11 bits per heavy atom. The van der Waals surface area contributed by atoms with Crippen LogP contribution >= 0.6 is 0 Å². The van der Waals surface area contributed by atoms with Gasteiger partial charge in [0.15, 0.2) is 0 Å². The van der Waals surface area contributed by atoms with Gasteiger partial charge in [0.05, 0.1) is 18.8 Å². The van der Waals surface area contributed by atoms with Crippen molar-refractivity contribution in [3.63, 3.8) is 0 Å². The number of esters is 1. The Hall–Kier alpha value is -5.19. The molecule has 0 radical (unpaired) electrons. The predicted octanol–water partition coefficient (Wildman–Crippen LogP) is 9.15. The second-order valence-electron chi connectivity index (χ2n) is 10.8. The number of rotatable bonds is 12. The minimum atomic E-state index is -0.859. The Bertz CT molecular complexity index is 1740. The van der Waals surface area contributed by atoms with E-state index >= 15 is 0 Å². The molecule has 0 atom stereocenters. The average molecular weight is 593 g/mol. The Morgan fingerprint density at radius 1 is 0.622 bits per heavy atom. The first-order valence-electron chi connectivity index (χ1n) is 15.4. The monoisotopic (exact) mass is 592 g/mol. The summed E-state index contributed by atoms with van der Waals surface area (Å²) in [5.41, 5.74) is 4.65. The molecule has 0 aliphatic rings. The van der Waals surface area contributed by atoms with Gasteiger partial charge in [0.2, 0.25) is 0 Å². The molecule has 0 fully saturated rings. The van der Waals surface area contributed by atoms with Crippen molar-refractivity contribution in [1.82, 2.24) is 0 Å². The maximum atomic E-state index is 13.4. The second kappa shape index (κ2) is 14.1. The van der Waals surface area contributed by atoms with Gasteiger partial charge in [-0.05, 0) is 52.6 Å². The van der Waals surface area contributed by atoms with Gasteiger partial charge in [-0.3, -0.25) is 0 Å². The van der Waals surface area contributed by atoms with Crippen LogP contribution in [0.5, 0.6) is 5.75 Å². The minimum absolute atomic E-state index is 0.279. The van der Waals surface area contributed by atoms with E-state index in [4.69, 9.17) is 14.2 Å². The third-order valence-electron chi connectivity index (χ3n) is 8.06. The van der Waals surface area contributed by atoms with E-state index in [0.29, 0.717) is 30.9 Å². The van der Waals surface area contributed by atoms with E-state index in [2.05, 4.69) is 36.4 Å². The molecule has 4 heteroatoms. The van der Waals surface area contributed by atoms with Crippen molar-refractivity contribution in [3.05, 3.63) is 185 Å². The van der Waals surface area contributed by atoms with Crippen LogP contribution < -0.4 is 4.74 Å². The number of hydrogen-bond donors (Lipinski definition) is 0. The summed E-state index contributed by atoms with van der Waals surface area (Å²) in [6.07, 6.45) is 0.488. The highest BCUT2D eigenvalue weighted by Gasteiger charge is 2.37. The van der Waals surface area contributed by atoms with E-state index in [1.807, 2.05) is 122 Å². The first-order chi connectivity index (χ1) is 22.2. The van der Waals surface area contributed by atoms with Crippen molar-refractivity contribution in [1.29, 1.82) is 0 Å². The second-order valence-corrected chi connectivity index (χ2v) is 10.8. The summed E-state index contributed by atoms with van der Waals surface area (Å²) in [7, 11) is 0. The lowest BCUT2D eigenvalue weighted by molar-refractivity contribution is 0.0147. The zero-order valence-corrected chi connectivity index (χ0v) is 25.4. The van der Waals surface area contributed by atoms with E-state index in [-0.39, 0.29) is 12.6 Å². The Labute approximate surface area is 264 Å². The molecule has 6 aromatic rings. The molecule has 6 aromatic carbocycles. The molecule has 0 aliphatic heterocycles. The molecule has 0 spiro atoms. The van der Waals surface area contributed by atoms with Gasteiger partial charge in [0.1, 0.15) is 18.0 Å². The van der Waals surface area contributed by atoms with Crippen molar-refractivity contribution < 1.29 is 19.0 Å². The van der Waals surface area contributed by atoms with Gasteiger partial charge in [0, 0.05) is 5.39 Å². The van der Waals surface area contributed by atoms with Gasteiger partial charge < -0.3 is 14.2 Å². The number of benzene rings is 6. The molecule has 4 nitrogen and oxygen atoms in total. The van der Waals surface area contributed by atoms with Gasteiger partial charge in [0.25, 0.3) is 0 Å². The Morgan fingerprint density at radius 3 is 1.64 bits per heavy atom. The molecule has 0 N–H and O–H groups in total. The van der Waals surface area contributed by atoms with Crippen molar-refractivity contribution in [2.75, 3.05) is 13.2 Å². The number of fused-ring (bicyclic) bond motifs is 1. The molecule has 0 saturated heterocycles. The maximum Gasteiger partial charge on any atom is 0.338 e. The van der Waals surface area contributed by atoms with Gasteiger partial charge in [-0.1, -0.05) is 146 Å². The van der Waals surface area contributed by atoms with Gasteiger partial charge in [-0.15, -0.1) is 0 Å². The van der Waals surface area contributed by atoms with Gasteiger partial charge >= 0.3 is 5.97 Å². The number of ether oxygens (including phenoxy) is 3. The molecule has 0 bridgehead atoms. The van der Waals surface area contributed by atoms with Crippen LogP contribution in [0.25, 0.3) is 10.8 Å². The fourth-order valence-corrected chi connectivity index (χ4v) is 5.99. The normalized spacial score (nSPS) is 11.3. The van der Waals surface area contributed by atoms with Crippen molar-refractivity contribution in [2.24, 2.45) is 0 Å². The zero-order valence-electron chi connectivity index (χ0n) is 25.4. The third kappa shape index (κ3) is 6.38. The van der Waals surface area contributed by atoms with Crippen LogP contribution in [-0.4, -0.2) is 19.2 Å². The summed E-state index contributed by atoms with van der Waals surface area (Å²) in [5, 5.41) is 1.89. The van der Waals surface area contributed by atoms with Crippen LogP contribution in [0.3, 0.4) is 0 Å². The molecule has 6 rings (SSSR count). The molecule has 0 unspecified atom stereocenters. The van der Waals surface area contributed by atoms with Gasteiger partial charge in [-0.25, -0.2) is 4.79 Å². The van der Waals surface area contributed by atoms with Crippen LogP contribution in [0, 0.1) is 0 Å². The molecule has 0 aromatic heterocycles. The standard InChI is InChI=1S/C41H36O4/c1-2-43-40(42)38-29-39(44-30-31-17-7-3-8-18-31)37-26-16-15-25-35(37)36(38)27-28-45-41(32-19-9-4-10-20-32,33-21-11-5-12-22-33)34-23-13-6-14-24-34/h3-26,29H,2,27-28,30H2,1H3. The smallest absolute Gasteiger partial charge is 0.338 e. The molecule has 45 heavy (non-hydrogen) atoms. The number of carbonyl (C=O) groups excluding carboxylic acids is 1. The minimum Gasteiger partial charge on any atom is -0.488 e. The van der Waals surface area contributed by atoms with E-state index in [9.17, 15) is 4.79 Å². The molecular formula is C41H36O4. The van der Waals surface area contributed by atoms with Crippen LogP contribution in [0.4, 0.5) is 0 Å². The highest BCUT2D eigenvalue weighted by molar-refractivity contribution is 6.01. The van der Waals surface area contributed by atoms with Gasteiger partial charge in [-0.2, -0.15) is 0 Å². The summed E-state index contributed by atoms with van der Waals surface area (Å²) < 4.78 is 19.0. The van der Waals surface area contributed by atoms with Crippen LogP contribution in [0.2, 0.25) is 0 Å². The van der Waals surface area contributed by atoms with Crippen molar-refractivity contribution in [3.8, 4) is 5.75 Å². The highest BCUT2D eigenvalue weighted by atomic mass is 16.5. The predicted molar refractivity (Wildman–Crippen MR) is 180 cm³/mol. The van der Waals surface area contributed by atoms with Crippen LogP contribution in [0.1, 0.15) is 45.1 Å². The number of hydrogen-bond acceptors (Lipinski definition) is 4. The lowest BCUT2D eigenvalue weighted by Gasteiger charge is -2.36. The van der Waals surface area contributed by atoms with E-state index in [0.717, 1.165) is 38.6 Å². The first kappa shape index (κ1) is 29.9. The molecule has 0 saturated carbocycles. The lowest BCUT2D eigenvalue weighted by atomic mass is 9.80. The molecular weight excluding hydrogens is 556 g/mol. The Balaban J connectivity index is 1.41. The quantitative estimate of drug-likeness (QED) is 0.105. The third-order valence-corrected chi connectivity index (χ3v) is 8.06. The summed E-state index contributed by atoms with van der Waals surface area (Å²) in [4.78, 5) is 13.4. The van der Waals surface area contributed by atoms with E-state index in [1.165, 1.54) is 0 Å². The van der Waals surface area contributed by atoms with E-state index in [1.54, 1.807) is 0 Å². The number of carbonyl (C=O) groups is 1. The van der Waals surface area contributed by atoms with Crippen LogP contribution in [-0.2, 0) is 28.1 Å². The molecule has 0 amide bonds. The van der Waals surface area contributed by atoms with Crippen LogP contribution in [0.15, 0.2) is 152 Å². The zero-order chi connectivity index (χ0) is 30.9. The molecule has 224 valence electrons. The summed E-state index contributed by atoms with van der Waals surface area (Å²) in [5.74, 6) is 0.276. The molecule has 0 aliphatic carbocycles. The molecule has 0 heterocycles.